The topological polar surface area (TPSA) is 94.0 Å². The Labute approximate surface area is 164 Å². The number of aromatic nitrogens is 2. The van der Waals surface area contributed by atoms with Crippen LogP contribution in [0.1, 0.15) is 31.5 Å². The predicted molar refractivity (Wildman–Crippen MR) is 98.9 cm³/mol. The second-order valence-corrected chi connectivity index (χ2v) is 10.3. The third-order valence-corrected chi connectivity index (χ3v) is 8.69. The maximum Gasteiger partial charge on any atom is 0.253 e. The molecule has 1 aromatic rings. The van der Waals surface area contributed by atoms with E-state index in [9.17, 15) is 13.2 Å². The Hall–Kier alpha value is -1.49. The average Bonchev–Trinajstić information content (AvgIpc) is 3.47. The zero-order valence-electron chi connectivity index (χ0n) is 15.8. The van der Waals surface area contributed by atoms with Crippen molar-refractivity contribution in [3.8, 4) is 0 Å². The average molecular weight is 410 g/mol. The van der Waals surface area contributed by atoms with Crippen LogP contribution in [0.2, 0.25) is 0 Å². The number of carbonyl (C=O) groups excluding carboxylic acids is 1. The minimum absolute atomic E-state index is 0.0185. The summed E-state index contributed by atoms with van der Waals surface area (Å²) in [5.74, 6) is 0.789. The van der Waals surface area contributed by atoms with Crippen molar-refractivity contribution in [2.24, 2.45) is 0 Å². The highest BCUT2D eigenvalue weighted by molar-refractivity contribution is 7.90. The molecule has 1 aromatic heterocycles. The van der Waals surface area contributed by atoms with E-state index in [-0.39, 0.29) is 11.2 Å². The van der Waals surface area contributed by atoms with Crippen LogP contribution in [0.25, 0.3) is 0 Å². The zero-order chi connectivity index (χ0) is 19.4. The molecule has 154 valence electrons. The van der Waals surface area contributed by atoms with Crippen LogP contribution in [-0.4, -0.2) is 83.8 Å². The van der Waals surface area contributed by atoms with Gasteiger partial charge in [0.05, 0.1) is 25.0 Å². The smallest absolute Gasteiger partial charge is 0.253 e. The van der Waals surface area contributed by atoms with Gasteiger partial charge in [-0.15, -0.1) is 0 Å². The van der Waals surface area contributed by atoms with Gasteiger partial charge in [-0.2, -0.15) is 0 Å². The standard InChI is InChI=1S/C18H26N4O5S/c23-16(20-9-11-26-12-10-20)15-13-21-8-5-19-17(21)18(27-15)3-6-22(7-4-18)28(24,25)14-1-2-14/h5,8,14-15H,1-4,6-7,9-13H2. The maximum absolute atomic E-state index is 13.0. The first-order valence-corrected chi connectivity index (χ1v) is 11.5. The molecule has 3 fully saturated rings. The first-order valence-electron chi connectivity index (χ1n) is 10.0. The molecule has 4 heterocycles. The molecule has 1 saturated carbocycles. The molecule has 1 spiro atoms. The van der Waals surface area contributed by atoms with E-state index < -0.39 is 21.7 Å². The molecule has 4 aliphatic rings. The molecular formula is C18H26N4O5S. The Bertz CT molecular complexity index is 851. The van der Waals surface area contributed by atoms with Crippen LogP contribution in [0, 0.1) is 0 Å². The number of piperidine rings is 1. The first-order chi connectivity index (χ1) is 13.5. The predicted octanol–water partition coefficient (Wildman–Crippen LogP) is -0.0760. The van der Waals surface area contributed by atoms with Gasteiger partial charge in [-0.05, 0) is 25.7 Å². The van der Waals surface area contributed by atoms with Gasteiger partial charge in [-0.1, -0.05) is 0 Å². The monoisotopic (exact) mass is 410 g/mol. The molecule has 1 amide bonds. The van der Waals surface area contributed by atoms with E-state index in [1.165, 1.54) is 0 Å². The summed E-state index contributed by atoms with van der Waals surface area (Å²) in [6.07, 6.45) is 5.60. The van der Waals surface area contributed by atoms with Gasteiger partial charge in [-0.25, -0.2) is 17.7 Å². The second-order valence-electron chi connectivity index (χ2n) is 8.09. The first kappa shape index (κ1) is 18.5. The lowest BCUT2D eigenvalue weighted by molar-refractivity contribution is -0.181. The molecule has 1 aliphatic carbocycles. The van der Waals surface area contributed by atoms with Gasteiger partial charge >= 0.3 is 0 Å². The molecular weight excluding hydrogens is 384 g/mol. The summed E-state index contributed by atoms with van der Waals surface area (Å²) >= 11 is 0. The van der Waals surface area contributed by atoms with Crippen LogP contribution in [0.15, 0.2) is 12.4 Å². The van der Waals surface area contributed by atoms with Crippen molar-refractivity contribution in [1.29, 1.82) is 0 Å². The lowest BCUT2D eigenvalue weighted by Gasteiger charge is -2.46. The van der Waals surface area contributed by atoms with Gasteiger partial charge in [0.2, 0.25) is 10.0 Å². The summed E-state index contributed by atoms with van der Waals surface area (Å²) in [5, 5.41) is -0.202. The maximum atomic E-state index is 13.0. The van der Waals surface area contributed by atoms with E-state index in [1.54, 1.807) is 15.4 Å². The van der Waals surface area contributed by atoms with Crippen LogP contribution in [0.5, 0.6) is 0 Å². The highest BCUT2D eigenvalue weighted by Crippen LogP contribution is 2.42. The van der Waals surface area contributed by atoms with Crippen LogP contribution >= 0.6 is 0 Å². The summed E-state index contributed by atoms with van der Waals surface area (Å²) < 4.78 is 40.5. The number of sulfonamides is 1. The fourth-order valence-electron chi connectivity index (χ4n) is 4.53. The van der Waals surface area contributed by atoms with Crippen molar-refractivity contribution < 1.29 is 22.7 Å². The van der Waals surface area contributed by atoms with Gasteiger partial charge in [0, 0.05) is 38.6 Å². The van der Waals surface area contributed by atoms with E-state index in [0.717, 1.165) is 18.7 Å². The number of carbonyl (C=O) groups is 1. The van der Waals surface area contributed by atoms with Crippen LogP contribution in [0.3, 0.4) is 0 Å². The number of rotatable bonds is 3. The number of nitrogens with zero attached hydrogens (tertiary/aromatic N) is 4. The van der Waals surface area contributed by atoms with Crippen molar-refractivity contribution in [3.63, 3.8) is 0 Å². The second kappa shape index (κ2) is 6.79. The number of ether oxygens (including phenoxy) is 2. The van der Waals surface area contributed by atoms with Crippen molar-refractivity contribution in [2.75, 3.05) is 39.4 Å². The van der Waals surface area contributed by atoms with Gasteiger partial charge in [0.25, 0.3) is 5.91 Å². The molecule has 2 saturated heterocycles. The lowest BCUT2D eigenvalue weighted by atomic mass is 9.89. The molecule has 0 N–H and O–H groups in total. The highest BCUT2D eigenvalue weighted by atomic mass is 32.2. The quantitative estimate of drug-likeness (QED) is 0.692. The summed E-state index contributed by atoms with van der Waals surface area (Å²) in [5.41, 5.74) is -0.704. The van der Waals surface area contributed by atoms with Gasteiger partial charge < -0.3 is 18.9 Å². The van der Waals surface area contributed by atoms with E-state index >= 15 is 0 Å². The SMILES string of the molecule is O=C(C1Cn2ccnc2C2(CCN(S(=O)(=O)C3CC3)CC2)O1)N1CCOCC1. The minimum atomic E-state index is -3.19. The van der Waals surface area contributed by atoms with E-state index in [2.05, 4.69) is 4.98 Å². The molecule has 28 heavy (non-hydrogen) atoms. The van der Waals surface area contributed by atoms with Crippen LogP contribution in [-0.2, 0) is 36.4 Å². The Balaban J connectivity index is 1.36. The molecule has 0 bridgehead atoms. The normalized spacial score (nSPS) is 28.3. The summed E-state index contributed by atoms with van der Waals surface area (Å²) in [4.78, 5) is 19.3. The van der Waals surface area contributed by atoms with E-state index in [1.807, 2.05) is 10.8 Å². The number of hydrogen-bond donors (Lipinski definition) is 0. The minimum Gasteiger partial charge on any atom is -0.378 e. The lowest BCUT2D eigenvalue weighted by Crippen LogP contribution is -2.56. The molecule has 0 radical (unpaired) electrons. The third-order valence-electron chi connectivity index (χ3n) is 6.29. The van der Waals surface area contributed by atoms with Crippen molar-refractivity contribution in [1.82, 2.24) is 18.8 Å². The van der Waals surface area contributed by atoms with Gasteiger partial charge in [0.15, 0.2) is 6.10 Å². The molecule has 1 unspecified atom stereocenters. The molecule has 3 aliphatic heterocycles. The summed E-state index contributed by atoms with van der Waals surface area (Å²) in [7, 11) is -3.19. The summed E-state index contributed by atoms with van der Waals surface area (Å²) in [6, 6.07) is 0. The Morgan fingerprint density at radius 1 is 1.14 bits per heavy atom. The molecule has 9 nitrogen and oxygen atoms in total. The fraction of sp³-hybridized carbons (Fsp3) is 0.778. The van der Waals surface area contributed by atoms with Gasteiger partial charge in [0.1, 0.15) is 11.4 Å². The number of imidazole rings is 1. The van der Waals surface area contributed by atoms with Crippen molar-refractivity contribution in [2.45, 2.75) is 49.2 Å². The molecule has 0 aromatic carbocycles. The van der Waals surface area contributed by atoms with Crippen molar-refractivity contribution >= 4 is 15.9 Å². The Morgan fingerprint density at radius 3 is 2.54 bits per heavy atom. The fourth-order valence-corrected chi connectivity index (χ4v) is 6.38. The van der Waals surface area contributed by atoms with E-state index in [0.29, 0.717) is 58.8 Å². The molecule has 1 atom stereocenters. The third kappa shape index (κ3) is 3.06. The molecule has 5 rings (SSSR count). The summed E-state index contributed by atoms with van der Waals surface area (Å²) in [6.45, 7) is 3.51. The molecule has 10 heteroatoms. The Kier molecular flexibility index (Phi) is 4.49. The van der Waals surface area contributed by atoms with Crippen molar-refractivity contribution in [3.05, 3.63) is 18.2 Å². The van der Waals surface area contributed by atoms with Crippen LogP contribution < -0.4 is 0 Å². The van der Waals surface area contributed by atoms with E-state index in [4.69, 9.17) is 9.47 Å². The van der Waals surface area contributed by atoms with Crippen LogP contribution in [0.4, 0.5) is 0 Å². The number of hydrogen-bond acceptors (Lipinski definition) is 6. The zero-order valence-corrected chi connectivity index (χ0v) is 16.6. The number of morpholine rings is 1. The largest absolute Gasteiger partial charge is 0.378 e. The number of fused-ring (bicyclic) bond motifs is 2. The number of amides is 1. The Morgan fingerprint density at radius 2 is 1.86 bits per heavy atom. The highest BCUT2D eigenvalue weighted by Gasteiger charge is 2.50. The van der Waals surface area contributed by atoms with Gasteiger partial charge in [-0.3, -0.25) is 4.79 Å².